The zero-order chi connectivity index (χ0) is 23.8. The predicted octanol–water partition coefficient (Wildman–Crippen LogP) is 3.69. The maximum Gasteiger partial charge on any atom is 0.323 e. The SMILES string of the molecule is Cc1ccccc1NC(=O)Nc1ccc(N2CCCC2)c(C(=O)NCCCN2CCOCC2)c1. The van der Waals surface area contributed by atoms with E-state index < -0.39 is 0 Å². The summed E-state index contributed by atoms with van der Waals surface area (Å²) in [6.07, 6.45) is 3.14. The standard InChI is InChI=1S/C26H35N5O3/c1-20-7-2-3-8-23(20)29-26(33)28-21-9-10-24(31-13-4-5-14-31)22(19-21)25(32)27-11-6-12-30-15-17-34-18-16-30/h2-3,7-10,19H,4-6,11-18H2,1H3,(H,27,32)(H2,28,29,33). The van der Waals surface area contributed by atoms with Crippen molar-refractivity contribution in [1.82, 2.24) is 10.2 Å². The molecule has 8 heteroatoms. The molecule has 0 aromatic heterocycles. The van der Waals surface area contributed by atoms with Gasteiger partial charge in [0.05, 0.1) is 18.8 Å². The monoisotopic (exact) mass is 465 g/mol. The fourth-order valence-corrected chi connectivity index (χ4v) is 4.45. The van der Waals surface area contributed by atoms with Gasteiger partial charge in [0, 0.05) is 49.8 Å². The molecule has 34 heavy (non-hydrogen) atoms. The summed E-state index contributed by atoms with van der Waals surface area (Å²) in [5.74, 6) is -0.105. The molecule has 0 radical (unpaired) electrons. The number of amides is 3. The Balaban J connectivity index is 1.39. The average molecular weight is 466 g/mol. The molecule has 2 aromatic carbocycles. The molecule has 0 atom stereocenters. The fraction of sp³-hybridized carbons (Fsp3) is 0.462. The lowest BCUT2D eigenvalue weighted by molar-refractivity contribution is 0.0374. The second-order valence-electron chi connectivity index (χ2n) is 8.88. The maximum absolute atomic E-state index is 13.1. The molecule has 4 rings (SSSR count). The highest BCUT2D eigenvalue weighted by molar-refractivity contribution is 6.04. The number of rotatable bonds is 8. The Kier molecular flexibility index (Phi) is 8.38. The molecule has 2 heterocycles. The van der Waals surface area contributed by atoms with Crippen molar-refractivity contribution in [2.75, 3.05) is 68.0 Å². The Morgan fingerprint density at radius 3 is 2.50 bits per heavy atom. The van der Waals surface area contributed by atoms with Gasteiger partial charge < -0.3 is 25.6 Å². The average Bonchev–Trinajstić information content (AvgIpc) is 3.39. The van der Waals surface area contributed by atoms with E-state index in [1.165, 1.54) is 0 Å². The smallest absolute Gasteiger partial charge is 0.323 e. The van der Waals surface area contributed by atoms with Crippen molar-refractivity contribution >= 4 is 29.0 Å². The van der Waals surface area contributed by atoms with Crippen LogP contribution in [0.2, 0.25) is 0 Å². The molecule has 0 saturated carbocycles. The zero-order valence-corrected chi connectivity index (χ0v) is 19.9. The van der Waals surface area contributed by atoms with Crippen LogP contribution < -0.4 is 20.9 Å². The number of ether oxygens (including phenoxy) is 1. The van der Waals surface area contributed by atoms with E-state index in [4.69, 9.17) is 4.74 Å². The number of urea groups is 1. The van der Waals surface area contributed by atoms with E-state index in [0.29, 0.717) is 17.8 Å². The highest BCUT2D eigenvalue weighted by Crippen LogP contribution is 2.28. The van der Waals surface area contributed by atoms with Crippen LogP contribution in [0.25, 0.3) is 0 Å². The number of hydrogen-bond acceptors (Lipinski definition) is 5. The van der Waals surface area contributed by atoms with E-state index >= 15 is 0 Å². The number of nitrogens with zero attached hydrogens (tertiary/aromatic N) is 2. The maximum atomic E-state index is 13.1. The summed E-state index contributed by atoms with van der Waals surface area (Å²) in [6.45, 7) is 8.85. The van der Waals surface area contributed by atoms with Crippen molar-refractivity contribution in [3.8, 4) is 0 Å². The molecule has 3 N–H and O–H groups in total. The molecule has 0 spiro atoms. The van der Waals surface area contributed by atoms with Gasteiger partial charge in [-0.3, -0.25) is 9.69 Å². The van der Waals surface area contributed by atoms with Crippen LogP contribution in [0.3, 0.4) is 0 Å². The van der Waals surface area contributed by atoms with Gasteiger partial charge in [-0.2, -0.15) is 0 Å². The second-order valence-corrected chi connectivity index (χ2v) is 8.88. The highest BCUT2D eigenvalue weighted by Gasteiger charge is 2.20. The summed E-state index contributed by atoms with van der Waals surface area (Å²) in [4.78, 5) is 30.3. The van der Waals surface area contributed by atoms with Crippen LogP contribution in [-0.4, -0.2) is 69.3 Å². The van der Waals surface area contributed by atoms with E-state index in [1.54, 1.807) is 6.07 Å². The van der Waals surface area contributed by atoms with Crippen LogP contribution in [-0.2, 0) is 4.74 Å². The van der Waals surface area contributed by atoms with Gasteiger partial charge in [-0.15, -0.1) is 0 Å². The van der Waals surface area contributed by atoms with Crippen molar-refractivity contribution in [2.24, 2.45) is 0 Å². The van der Waals surface area contributed by atoms with Crippen LogP contribution in [0.5, 0.6) is 0 Å². The van der Waals surface area contributed by atoms with Crippen molar-refractivity contribution in [3.63, 3.8) is 0 Å². The van der Waals surface area contributed by atoms with Crippen LogP contribution >= 0.6 is 0 Å². The molecule has 0 aliphatic carbocycles. The molecular weight excluding hydrogens is 430 g/mol. The Hall–Kier alpha value is -3.10. The number of carbonyl (C=O) groups is 2. The number of carbonyl (C=O) groups excluding carboxylic acids is 2. The van der Waals surface area contributed by atoms with Crippen LogP contribution in [0.1, 0.15) is 35.2 Å². The first kappa shape index (κ1) is 24.0. The quantitative estimate of drug-likeness (QED) is 0.518. The van der Waals surface area contributed by atoms with E-state index in [0.717, 1.165) is 82.1 Å². The van der Waals surface area contributed by atoms with Gasteiger partial charge in [0.1, 0.15) is 0 Å². The molecule has 2 aromatic rings. The zero-order valence-electron chi connectivity index (χ0n) is 19.9. The minimum absolute atomic E-state index is 0.105. The Morgan fingerprint density at radius 2 is 1.74 bits per heavy atom. The molecule has 8 nitrogen and oxygen atoms in total. The van der Waals surface area contributed by atoms with Gasteiger partial charge in [-0.05, 0) is 62.6 Å². The number of para-hydroxylation sites is 1. The number of benzene rings is 2. The van der Waals surface area contributed by atoms with E-state index in [9.17, 15) is 9.59 Å². The van der Waals surface area contributed by atoms with Gasteiger partial charge in [0.2, 0.25) is 0 Å². The first-order valence-electron chi connectivity index (χ1n) is 12.2. The van der Waals surface area contributed by atoms with Crippen molar-refractivity contribution in [3.05, 3.63) is 53.6 Å². The topological polar surface area (TPSA) is 85.9 Å². The number of hydrogen-bond donors (Lipinski definition) is 3. The Bertz CT molecular complexity index is 984. The predicted molar refractivity (Wildman–Crippen MR) is 136 cm³/mol. The summed E-state index contributed by atoms with van der Waals surface area (Å²) in [7, 11) is 0. The van der Waals surface area contributed by atoms with Gasteiger partial charge in [0.15, 0.2) is 0 Å². The third-order valence-corrected chi connectivity index (χ3v) is 6.38. The van der Waals surface area contributed by atoms with E-state index in [1.807, 2.05) is 43.3 Å². The largest absolute Gasteiger partial charge is 0.379 e. The molecular formula is C26H35N5O3. The fourth-order valence-electron chi connectivity index (χ4n) is 4.45. The first-order chi connectivity index (χ1) is 16.6. The summed E-state index contributed by atoms with van der Waals surface area (Å²) in [5, 5.41) is 8.83. The molecule has 3 amide bonds. The molecule has 0 unspecified atom stereocenters. The summed E-state index contributed by atoms with van der Waals surface area (Å²) in [5.41, 5.74) is 3.86. The lowest BCUT2D eigenvalue weighted by Gasteiger charge is -2.26. The Morgan fingerprint density at radius 1 is 0.971 bits per heavy atom. The molecule has 2 saturated heterocycles. The van der Waals surface area contributed by atoms with Gasteiger partial charge in [0.25, 0.3) is 5.91 Å². The van der Waals surface area contributed by atoms with Crippen molar-refractivity contribution in [2.45, 2.75) is 26.2 Å². The van der Waals surface area contributed by atoms with E-state index in [2.05, 4.69) is 25.8 Å². The lowest BCUT2D eigenvalue weighted by Crippen LogP contribution is -2.38. The van der Waals surface area contributed by atoms with Gasteiger partial charge >= 0.3 is 6.03 Å². The molecule has 2 aliphatic rings. The molecule has 0 bridgehead atoms. The lowest BCUT2D eigenvalue weighted by atomic mass is 10.1. The molecule has 2 aliphatic heterocycles. The Labute approximate surface area is 201 Å². The number of aryl methyl sites for hydroxylation is 1. The van der Waals surface area contributed by atoms with Crippen LogP contribution in [0.4, 0.5) is 21.9 Å². The molecule has 2 fully saturated rings. The van der Waals surface area contributed by atoms with Crippen molar-refractivity contribution in [1.29, 1.82) is 0 Å². The summed E-state index contributed by atoms with van der Waals surface area (Å²) in [6, 6.07) is 12.9. The summed E-state index contributed by atoms with van der Waals surface area (Å²) >= 11 is 0. The minimum Gasteiger partial charge on any atom is -0.379 e. The third kappa shape index (κ3) is 6.48. The van der Waals surface area contributed by atoms with Crippen molar-refractivity contribution < 1.29 is 14.3 Å². The normalized spacial score (nSPS) is 16.3. The van der Waals surface area contributed by atoms with Crippen LogP contribution in [0, 0.1) is 6.92 Å². The number of morpholine rings is 1. The molecule has 182 valence electrons. The van der Waals surface area contributed by atoms with Crippen LogP contribution in [0.15, 0.2) is 42.5 Å². The minimum atomic E-state index is -0.333. The summed E-state index contributed by atoms with van der Waals surface area (Å²) < 4.78 is 5.39. The highest BCUT2D eigenvalue weighted by atomic mass is 16.5. The second kappa shape index (κ2) is 11.9. The van der Waals surface area contributed by atoms with Gasteiger partial charge in [-0.25, -0.2) is 4.79 Å². The third-order valence-electron chi connectivity index (χ3n) is 6.38. The number of anilines is 3. The number of nitrogens with one attached hydrogen (secondary N) is 3. The van der Waals surface area contributed by atoms with E-state index in [-0.39, 0.29) is 11.9 Å². The first-order valence-corrected chi connectivity index (χ1v) is 12.2. The van der Waals surface area contributed by atoms with Gasteiger partial charge in [-0.1, -0.05) is 18.2 Å².